The third-order valence-corrected chi connectivity index (χ3v) is 5.59. The lowest BCUT2D eigenvalue weighted by atomic mass is 9.88. The lowest BCUT2D eigenvalue weighted by Gasteiger charge is -2.26. The molecule has 4 rings (SSSR count). The maximum Gasteiger partial charge on any atom is 0.338 e. The molecule has 2 aliphatic rings. The Labute approximate surface area is 176 Å². The Morgan fingerprint density at radius 2 is 1.87 bits per heavy atom. The zero-order chi connectivity index (χ0) is 20.8. The van der Waals surface area contributed by atoms with E-state index in [1.165, 1.54) is 5.56 Å². The molecule has 1 amide bonds. The van der Waals surface area contributed by atoms with Gasteiger partial charge >= 0.3 is 5.97 Å². The summed E-state index contributed by atoms with van der Waals surface area (Å²) in [6.45, 7) is 1.00. The highest BCUT2D eigenvalue weighted by Crippen LogP contribution is 2.29. The minimum absolute atomic E-state index is 0.0265. The van der Waals surface area contributed by atoms with Crippen LogP contribution in [0.15, 0.2) is 48.5 Å². The van der Waals surface area contributed by atoms with E-state index in [4.69, 9.17) is 14.2 Å². The van der Waals surface area contributed by atoms with Crippen molar-refractivity contribution >= 4 is 11.9 Å². The Bertz CT molecular complexity index is 873. The normalized spacial score (nSPS) is 20.3. The first kappa shape index (κ1) is 20.4. The Balaban J connectivity index is 1.24. The van der Waals surface area contributed by atoms with Crippen molar-refractivity contribution in [2.75, 3.05) is 19.8 Å². The number of hydrogen-bond acceptors (Lipinski definition) is 5. The van der Waals surface area contributed by atoms with E-state index in [9.17, 15) is 9.59 Å². The number of rotatable bonds is 7. The second-order valence-corrected chi connectivity index (χ2v) is 7.76. The van der Waals surface area contributed by atoms with Gasteiger partial charge in [0.05, 0.1) is 17.7 Å². The average molecular weight is 409 g/mol. The van der Waals surface area contributed by atoms with E-state index in [0.29, 0.717) is 17.9 Å². The van der Waals surface area contributed by atoms with Crippen molar-refractivity contribution in [2.45, 2.75) is 44.2 Å². The highest BCUT2D eigenvalue weighted by atomic mass is 16.5. The molecule has 2 atom stereocenters. The van der Waals surface area contributed by atoms with Crippen LogP contribution in [0.25, 0.3) is 0 Å². The molecular formula is C24H27NO5. The van der Waals surface area contributed by atoms with Gasteiger partial charge in [-0.05, 0) is 67.5 Å². The van der Waals surface area contributed by atoms with Crippen LogP contribution in [-0.2, 0) is 20.7 Å². The van der Waals surface area contributed by atoms with Crippen LogP contribution in [-0.4, -0.2) is 37.8 Å². The molecule has 158 valence electrons. The predicted octanol–water partition coefficient (Wildman–Crippen LogP) is 3.60. The lowest BCUT2D eigenvalue weighted by molar-refractivity contribution is -0.125. The van der Waals surface area contributed by atoms with Gasteiger partial charge in [-0.1, -0.05) is 24.3 Å². The summed E-state index contributed by atoms with van der Waals surface area (Å²) < 4.78 is 16.4. The van der Waals surface area contributed by atoms with Crippen LogP contribution in [0.2, 0.25) is 0 Å². The molecule has 1 aliphatic heterocycles. The number of benzene rings is 2. The Morgan fingerprint density at radius 3 is 2.67 bits per heavy atom. The Hall–Kier alpha value is -2.86. The standard InChI is InChI=1S/C24H27NO5/c26-23(25-22-9-3-6-17-5-1-2-8-21(17)22)16-30-24(27)18-10-12-19(13-11-18)29-15-20-7-4-14-28-20/h1-2,5,8,10-13,20,22H,3-4,6-7,9,14-16H2,(H,25,26)/t20-,22-/m1/s1. The van der Waals surface area contributed by atoms with Crippen LogP contribution in [0.1, 0.15) is 53.2 Å². The van der Waals surface area contributed by atoms with E-state index in [0.717, 1.165) is 44.3 Å². The molecule has 1 fully saturated rings. The minimum atomic E-state index is -0.528. The van der Waals surface area contributed by atoms with E-state index in [1.54, 1.807) is 24.3 Å². The molecule has 6 nitrogen and oxygen atoms in total. The highest BCUT2D eigenvalue weighted by Gasteiger charge is 2.22. The maximum absolute atomic E-state index is 12.3. The van der Waals surface area contributed by atoms with E-state index in [-0.39, 0.29) is 24.7 Å². The summed E-state index contributed by atoms with van der Waals surface area (Å²) in [5.74, 6) is -0.141. The number of hydrogen-bond donors (Lipinski definition) is 1. The van der Waals surface area contributed by atoms with Crippen molar-refractivity contribution in [1.82, 2.24) is 5.32 Å². The van der Waals surface area contributed by atoms with E-state index in [2.05, 4.69) is 11.4 Å². The van der Waals surface area contributed by atoms with Gasteiger partial charge in [-0.2, -0.15) is 0 Å². The van der Waals surface area contributed by atoms with Crippen LogP contribution in [0, 0.1) is 0 Å². The molecule has 0 radical (unpaired) electrons. The third kappa shape index (κ3) is 5.19. The summed E-state index contributed by atoms with van der Waals surface area (Å²) in [5.41, 5.74) is 2.81. The van der Waals surface area contributed by atoms with Crippen molar-refractivity contribution in [3.63, 3.8) is 0 Å². The predicted molar refractivity (Wildman–Crippen MR) is 111 cm³/mol. The maximum atomic E-state index is 12.3. The molecule has 1 aliphatic carbocycles. The molecule has 1 heterocycles. The van der Waals surface area contributed by atoms with Crippen LogP contribution in [0.3, 0.4) is 0 Å². The number of fused-ring (bicyclic) bond motifs is 1. The first-order chi connectivity index (χ1) is 14.7. The monoisotopic (exact) mass is 409 g/mol. The fraction of sp³-hybridized carbons (Fsp3) is 0.417. The summed E-state index contributed by atoms with van der Waals surface area (Å²) in [6, 6.07) is 14.9. The van der Waals surface area contributed by atoms with Gasteiger partial charge in [-0.25, -0.2) is 4.79 Å². The molecule has 0 bridgehead atoms. The zero-order valence-corrected chi connectivity index (χ0v) is 17.0. The smallest absolute Gasteiger partial charge is 0.338 e. The van der Waals surface area contributed by atoms with Gasteiger partial charge in [0.2, 0.25) is 0 Å². The summed E-state index contributed by atoms with van der Waals surface area (Å²) >= 11 is 0. The van der Waals surface area contributed by atoms with Gasteiger partial charge in [-0.3, -0.25) is 4.79 Å². The average Bonchev–Trinajstić information content (AvgIpc) is 3.30. The zero-order valence-electron chi connectivity index (χ0n) is 17.0. The number of nitrogens with one attached hydrogen (secondary N) is 1. The molecule has 1 N–H and O–H groups in total. The molecule has 0 saturated carbocycles. The quantitative estimate of drug-likeness (QED) is 0.708. The number of esters is 1. The number of aryl methyl sites for hydroxylation is 1. The van der Waals surface area contributed by atoms with Crippen LogP contribution in [0.5, 0.6) is 5.75 Å². The number of carbonyl (C=O) groups is 2. The van der Waals surface area contributed by atoms with Crippen molar-refractivity contribution in [2.24, 2.45) is 0 Å². The van der Waals surface area contributed by atoms with Crippen LogP contribution < -0.4 is 10.1 Å². The molecule has 2 aromatic carbocycles. The number of carbonyl (C=O) groups excluding carboxylic acids is 2. The number of amides is 1. The summed E-state index contributed by atoms with van der Waals surface area (Å²) in [6.07, 6.45) is 5.18. The molecule has 6 heteroatoms. The van der Waals surface area contributed by atoms with Crippen LogP contribution in [0.4, 0.5) is 0 Å². The van der Waals surface area contributed by atoms with Gasteiger partial charge in [0.15, 0.2) is 6.61 Å². The first-order valence-corrected chi connectivity index (χ1v) is 10.6. The molecule has 0 unspecified atom stereocenters. The van der Waals surface area contributed by atoms with Crippen molar-refractivity contribution in [1.29, 1.82) is 0 Å². The fourth-order valence-electron chi connectivity index (χ4n) is 4.01. The topological polar surface area (TPSA) is 73.9 Å². The Kier molecular flexibility index (Phi) is 6.64. The van der Waals surface area contributed by atoms with E-state index >= 15 is 0 Å². The molecule has 1 saturated heterocycles. The highest BCUT2D eigenvalue weighted by molar-refractivity contribution is 5.91. The van der Waals surface area contributed by atoms with E-state index < -0.39 is 5.97 Å². The number of ether oxygens (including phenoxy) is 3. The van der Waals surface area contributed by atoms with Crippen molar-refractivity contribution in [3.8, 4) is 5.75 Å². The Morgan fingerprint density at radius 1 is 1.03 bits per heavy atom. The summed E-state index contributed by atoms with van der Waals surface area (Å²) in [4.78, 5) is 24.6. The van der Waals surface area contributed by atoms with Gasteiger partial charge in [0, 0.05) is 6.61 Å². The molecule has 30 heavy (non-hydrogen) atoms. The van der Waals surface area contributed by atoms with Crippen molar-refractivity contribution in [3.05, 3.63) is 65.2 Å². The molecular weight excluding hydrogens is 382 g/mol. The fourth-order valence-corrected chi connectivity index (χ4v) is 4.01. The van der Waals surface area contributed by atoms with E-state index in [1.807, 2.05) is 18.2 Å². The molecule has 0 aromatic heterocycles. The minimum Gasteiger partial charge on any atom is -0.491 e. The SMILES string of the molecule is O=C(COC(=O)c1ccc(OC[C@H]2CCCO2)cc1)N[C@@H]1CCCc2ccccc21. The molecule has 2 aromatic rings. The first-order valence-electron chi connectivity index (χ1n) is 10.6. The largest absolute Gasteiger partial charge is 0.491 e. The van der Waals surface area contributed by atoms with Gasteiger partial charge in [0.1, 0.15) is 12.4 Å². The van der Waals surface area contributed by atoms with Gasteiger partial charge in [-0.15, -0.1) is 0 Å². The second kappa shape index (κ2) is 9.76. The van der Waals surface area contributed by atoms with Gasteiger partial charge in [0.25, 0.3) is 5.91 Å². The third-order valence-electron chi connectivity index (χ3n) is 5.59. The van der Waals surface area contributed by atoms with Crippen LogP contribution >= 0.6 is 0 Å². The van der Waals surface area contributed by atoms with Gasteiger partial charge < -0.3 is 19.5 Å². The van der Waals surface area contributed by atoms with Crippen molar-refractivity contribution < 1.29 is 23.8 Å². The lowest BCUT2D eigenvalue weighted by Crippen LogP contribution is -2.34. The second-order valence-electron chi connectivity index (χ2n) is 7.76. The summed E-state index contributed by atoms with van der Waals surface area (Å²) in [7, 11) is 0. The molecule has 0 spiro atoms. The summed E-state index contributed by atoms with van der Waals surface area (Å²) in [5, 5.41) is 2.99.